The molecular weight excluding hydrogens is 260 g/mol. The number of hydrogen-bond acceptors (Lipinski definition) is 4. The molecule has 0 aliphatic carbocycles. The quantitative estimate of drug-likeness (QED) is 0.880. The number of halogens is 1. The first-order valence-corrected chi connectivity index (χ1v) is 7.27. The summed E-state index contributed by atoms with van der Waals surface area (Å²) in [6.07, 6.45) is 0.441. The van der Waals surface area contributed by atoms with Gasteiger partial charge in [-0.05, 0) is 30.7 Å². The molecule has 4 nitrogen and oxygen atoms in total. The number of nitrogens with zero attached hydrogens (tertiary/aromatic N) is 1. The van der Waals surface area contributed by atoms with Crippen LogP contribution in [0, 0.1) is 11.3 Å². The van der Waals surface area contributed by atoms with E-state index in [0.29, 0.717) is 29.1 Å². The predicted molar refractivity (Wildman–Crippen MR) is 67.3 cm³/mol. The Morgan fingerprint density at radius 2 is 2.12 bits per heavy atom. The van der Waals surface area contributed by atoms with E-state index < -0.39 is 9.84 Å². The van der Waals surface area contributed by atoms with Gasteiger partial charge in [-0.25, -0.2) is 8.42 Å². The summed E-state index contributed by atoms with van der Waals surface area (Å²) in [4.78, 5) is 0. The summed E-state index contributed by atoms with van der Waals surface area (Å²) in [7, 11) is -3.19. The van der Waals surface area contributed by atoms with Crippen LogP contribution in [0.1, 0.15) is 17.5 Å². The van der Waals surface area contributed by atoms with Gasteiger partial charge in [0, 0.05) is 5.02 Å². The molecule has 1 aromatic rings. The lowest BCUT2D eigenvalue weighted by Gasteiger charge is -2.06. The van der Waals surface area contributed by atoms with E-state index in [1.807, 2.05) is 6.07 Å². The minimum absolute atomic E-state index is 0.0554. The average Bonchev–Trinajstić information content (AvgIpc) is 2.29. The van der Waals surface area contributed by atoms with E-state index in [1.165, 1.54) is 6.07 Å². The van der Waals surface area contributed by atoms with Gasteiger partial charge < -0.3 is 5.73 Å². The van der Waals surface area contributed by atoms with Crippen LogP contribution in [0.4, 0.5) is 0 Å². The van der Waals surface area contributed by atoms with Crippen LogP contribution in [-0.4, -0.2) is 20.7 Å². The number of rotatable bonds is 5. The highest BCUT2D eigenvalue weighted by Crippen LogP contribution is 2.20. The zero-order valence-electron chi connectivity index (χ0n) is 9.19. The van der Waals surface area contributed by atoms with Gasteiger partial charge in [0.25, 0.3) is 0 Å². The number of sulfone groups is 1. The summed E-state index contributed by atoms with van der Waals surface area (Å²) in [5, 5.41) is 8.97. The highest BCUT2D eigenvalue weighted by Gasteiger charge is 2.13. The average molecular weight is 273 g/mol. The van der Waals surface area contributed by atoms with Crippen molar-refractivity contribution in [2.45, 2.75) is 12.2 Å². The van der Waals surface area contributed by atoms with Crippen LogP contribution < -0.4 is 5.73 Å². The van der Waals surface area contributed by atoms with Crippen LogP contribution >= 0.6 is 11.6 Å². The maximum Gasteiger partial charge on any atom is 0.154 e. The van der Waals surface area contributed by atoms with Crippen molar-refractivity contribution >= 4 is 21.4 Å². The van der Waals surface area contributed by atoms with Crippen molar-refractivity contribution in [1.82, 2.24) is 0 Å². The molecule has 0 heterocycles. The molecule has 0 spiro atoms. The van der Waals surface area contributed by atoms with Gasteiger partial charge in [0.2, 0.25) is 0 Å². The highest BCUT2D eigenvalue weighted by atomic mass is 35.5. The minimum Gasteiger partial charge on any atom is -0.330 e. The lowest BCUT2D eigenvalue weighted by molar-refractivity contribution is 0.593. The Morgan fingerprint density at radius 1 is 1.41 bits per heavy atom. The van der Waals surface area contributed by atoms with E-state index in [0.717, 1.165) is 0 Å². The molecule has 0 atom stereocenters. The van der Waals surface area contributed by atoms with Gasteiger partial charge in [0.1, 0.15) is 0 Å². The molecular formula is C11H13ClN2O2S. The summed E-state index contributed by atoms with van der Waals surface area (Å²) in [6.45, 7) is 0.348. The van der Waals surface area contributed by atoms with E-state index in [-0.39, 0.29) is 11.5 Å². The first-order valence-electron chi connectivity index (χ1n) is 5.07. The molecule has 1 aromatic carbocycles. The number of nitrogens with two attached hydrogens (primary N) is 1. The topological polar surface area (TPSA) is 84.0 Å². The molecule has 0 saturated heterocycles. The maximum absolute atomic E-state index is 11.7. The predicted octanol–water partition coefficient (Wildman–Crippen LogP) is 1.48. The third kappa shape index (κ3) is 4.35. The van der Waals surface area contributed by atoms with E-state index in [4.69, 9.17) is 22.6 Å². The Morgan fingerprint density at radius 3 is 2.65 bits per heavy atom. The van der Waals surface area contributed by atoms with Gasteiger partial charge in [0.15, 0.2) is 9.84 Å². The van der Waals surface area contributed by atoms with Crippen LogP contribution in [0.3, 0.4) is 0 Å². The van der Waals surface area contributed by atoms with Gasteiger partial charge in [-0.2, -0.15) is 5.26 Å². The SMILES string of the molecule is N#Cc1ccc(CS(=O)(=O)CCCN)c(Cl)c1. The fourth-order valence-electron chi connectivity index (χ4n) is 1.35. The van der Waals surface area contributed by atoms with Gasteiger partial charge in [-0.1, -0.05) is 17.7 Å². The van der Waals surface area contributed by atoms with Crippen molar-refractivity contribution < 1.29 is 8.42 Å². The molecule has 6 heteroatoms. The zero-order valence-corrected chi connectivity index (χ0v) is 10.8. The van der Waals surface area contributed by atoms with Crippen LogP contribution in [0.5, 0.6) is 0 Å². The Balaban J connectivity index is 2.86. The molecule has 0 aliphatic heterocycles. The molecule has 0 aromatic heterocycles. The van der Waals surface area contributed by atoms with Gasteiger partial charge in [0.05, 0.1) is 23.1 Å². The second-order valence-corrected chi connectivity index (χ2v) is 6.24. The lowest BCUT2D eigenvalue weighted by atomic mass is 10.2. The van der Waals surface area contributed by atoms with Crippen LogP contribution in [0.2, 0.25) is 5.02 Å². The van der Waals surface area contributed by atoms with E-state index in [9.17, 15) is 8.42 Å². The maximum atomic E-state index is 11.7. The van der Waals surface area contributed by atoms with Crippen LogP contribution in [-0.2, 0) is 15.6 Å². The van der Waals surface area contributed by atoms with E-state index in [1.54, 1.807) is 12.1 Å². The molecule has 0 bridgehead atoms. The molecule has 17 heavy (non-hydrogen) atoms. The third-order valence-electron chi connectivity index (χ3n) is 2.22. The summed E-state index contributed by atoms with van der Waals surface area (Å²) >= 11 is 5.91. The minimum atomic E-state index is -3.19. The fourth-order valence-corrected chi connectivity index (χ4v) is 3.15. The molecule has 0 fully saturated rings. The van der Waals surface area contributed by atoms with Gasteiger partial charge >= 0.3 is 0 Å². The summed E-state index contributed by atoms with van der Waals surface area (Å²) < 4.78 is 23.4. The van der Waals surface area contributed by atoms with Crippen LogP contribution in [0.25, 0.3) is 0 Å². The Labute approximate surface area is 106 Å². The molecule has 92 valence electrons. The summed E-state index contributed by atoms with van der Waals surface area (Å²) in [5.41, 5.74) is 6.20. The second kappa shape index (κ2) is 6.01. The zero-order chi connectivity index (χ0) is 12.9. The summed E-state index contributed by atoms with van der Waals surface area (Å²) in [6, 6.07) is 6.53. The monoisotopic (exact) mass is 272 g/mol. The van der Waals surface area contributed by atoms with E-state index in [2.05, 4.69) is 0 Å². The van der Waals surface area contributed by atoms with Crippen molar-refractivity contribution in [3.8, 4) is 6.07 Å². The molecule has 2 N–H and O–H groups in total. The second-order valence-electron chi connectivity index (χ2n) is 3.65. The smallest absolute Gasteiger partial charge is 0.154 e. The summed E-state index contributed by atoms with van der Waals surface area (Å²) in [5.74, 6) is -0.0582. The Hall–Kier alpha value is -1.09. The number of benzene rings is 1. The lowest BCUT2D eigenvalue weighted by Crippen LogP contribution is -2.13. The van der Waals surface area contributed by atoms with Crippen molar-refractivity contribution in [2.75, 3.05) is 12.3 Å². The number of hydrogen-bond donors (Lipinski definition) is 1. The molecule has 0 unspecified atom stereocenters. The fraction of sp³-hybridized carbons (Fsp3) is 0.364. The molecule has 0 radical (unpaired) electrons. The van der Waals surface area contributed by atoms with Gasteiger partial charge in [-0.3, -0.25) is 0 Å². The Kier molecular flexibility index (Phi) is 4.94. The molecule has 0 saturated carbocycles. The van der Waals surface area contributed by atoms with Crippen molar-refractivity contribution in [2.24, 2.45) is 5.73 Å². The van der Waals surface area contributed by atoms with Gasteiger partial charge in [-0.15, -0.1) is 0 Å². The first-order chi connectivity index (χ1) is 7.98. The van der Waals surface area contributed by atoms with Crippen molar-refractivity contribution in [3.63, 3.8) is 0 Å². The molecule has 1 rings (SSSR count). The number of nitriles is 1. The standard InChI is InChI=1S/C11H13ClN2O2S/c12-11-6-9(7-14)2-3-10(11)8-17(15,16)5-1-4-13/h2-3,6H,1,4-5,8,13H2. The normalized spacial score (nSPS) is 11.1. The van der Waals surface area contributed by atoms with Crippen LogP contribution in [0.15, 0.2) is 18.2 Å². The van der Waals surface area contributed by atoms with Crippen molar-refractivity contribution in [1.29, 1.82) is 5.26 Å². The molecule has 0 aliphatic rings. The third-order valence-corrected chi connectivity index (χ3v) is 4.23. The van der Waals surface area contributed by atoms with E-state index >= 15 is 0 Å². The highest BCUT2D eigenvalue weighted by molar-refractivity contribution is 7.90. The Bertz CT molecular complexity index is 535. The largest absolute Gasteiger partial charge is 0.330 e. The molecule has 0 amide bonds. The first kappa shape index (κ1) is 14.0. The van der Waals surface area contributed by atoms with Crippen molar-refractivity contribution in [3.05, 3.63) is 34.3 Å².